The Kier molecular flexibility index (Phi) is 6.72. The maximum absolute atomic E-state index is 12.2. The number of anilines is 1. The fraction of sp³-hybridized carbons (Fsp3) is 0.556. The first-order valence-corrected chi connectivity index (χ1v) is 9.22. The summed E-state index contributed by atoms with van der Waals surface area (Å²) >= 11 is 0. The molecule has 9 heteroatoms. The van der Waals surface area contributed by atoms with E-state index in [1.54, 1.807) is 18.3 Å². The molecule has 0 bridgehead atoms. The van der Waals surface area contributed by atoms with E-state index in [0.717, 1.165) is 45.2 Å². The molecule has 0 radical (unpaired) electrons. The highest BCUT2D eigenvalue weighted by Gasteiger charge is 2.12. The number of aromatic nitrogens is 3. The van der Waals surface area contributed by atoms with Gasteiger partial charge in [-0.25, -0.2) is 4.98 Å². The summed E-state index contributed by atoms with van der Waals surface area (Å²) in [6.45, 7) is 9.42. The molecular weight excluding hydrogens is 348 g/mol. The summed E-state index contributed by atoms with van der Waals surface area (Å²) < 4.78 is 10.5. The zero-order valence-electron chi connectivity index (χ0n) is 15.8. The molecule has 1 aliphatic heterocycles. The van der Waals surface area contributed by atoms with Crippen LogP contribution in [-0.4, -0.2) is 65.3 Å². The van der Waals surface area contributed by atoms with E-state index in [4.69, 9.17) is 9.26 Å². The number of carbonyl (C=O) groups is 1. The van der Waals surface area contributed by atoms with E-state index in [1.807, 2.05) is 13.8 Å². The number of carbonyl (C=O) groups excluding carboxylic acids is 1. The number of nitrogens with zero attached hydrogens (tertiary/aromatic N) is 4. The average Bonchev–Trinajstić information content (AvgIpc) is 3.17. The third kappa shape index (κ3) is 5.73. The van der Waals surface area contributed by atoms with Crippen molar-refractivity contribution in [2.75, 3.05) is 44.7 Å². The van der Waals surface area contributed by atoms with Crippen LogP contribution in [0.3, 0.4) is 0 Å². The number of nitrogens with one attached hydrogen (secondary N) is 2. The number of hydrogen-bond acceptors (Lipinski definition) is 8. The normalized spacial score (nSPS) is 15.1. The molecule has 2 aromatic heterocycles. The molecule has 27 heavy (non-hydrogen) atoms. The zero-order valence-corrected chi connectivity index (χ0v) is 15.8. The van der Waals surface area contributed by atoms with E-state index in [9.17, 15) is 4.79 Å². The molecule has 0 spiro atoms. The van der Waals surface area contributed by atoms with Gasteiger partial charge in [0, 0.05) is 38.3 Å². The van der Waals surface area contributed by atoms with Crippen molar-refractivity contribution in [1.82, 2.24) is 25.3 Å². The van der Waals surface area contributed by atoms with E-state index in [-0.39, 0.29) is 18.4 Å². The van der Waals surface area contributed by atoms with E-state index in [0.29, 0.717) is 17.3 Å². The van der Waals surface area contributed by atoms with Gasteiger partial charge >= 0.3 is 0 Å². The van der Waals surface area contributed by atoms with E-state index in [2.05, 4.69) is 30.7 Å². The Morgan fingerprint density at radius 2 is 2.11 bits per heavy atom. The Labute approximate surface area is 158 Å². The molecule has 3 rings (SSSR count). The molecule has 0 atom stereocenters. The quantitative estimate of drug-likeness (QED) is 0.711. The lowest BCUT2D eigenvalue weighted by Crippen LogP contribution is -2.39. The van der Waals surface area contributed by atoms with Crippen molar-refractivity contribution in [2.45, 2.75) is 26.3 Å². The van der Waals surface area contributed by atoms with Gasteiger partial charge in [0.2, 0.25) is 5.89 Å². The predicted octanol–water partition coefficient (Wildman–Crippen LogP) is 1.26. The molecule has 3 heterocycles. The summed E-state index contributed by atoms with van der Waals surface area (Å²) in [6.07, 6.45) is 1.56. The number of morpholine rings is 1. The second-order valence-electron chi connectivity index (χ2n) is 6.70. The monoisotopic (exact) mass is 374 g/mol. The maximum Gasteiger partial charge on any atom is 0.253 e. The van der Waals surface area contributed by atoms with Gasteiger partial charge in [-0.3, -0.25) is 9.69 Å². The number of hydrogen-bond donors (Lipinski definition) is 2. The average molecular weight is 374 g/mol. The molecule has 0 aliphatic carbocycles. The molecule has 1 aliphatic rings. The largest absolute Gasteiger partial charge is 0.379 e. The highest BCUT2D eigenvalue weighted by Crippen LogP contribution is 2.11. The van der Waals surface area contributed by atoms with Crippen molar-refractivity contribution in [2.24, 2.45) is 0 Å². The van der Waals surface area contributed by atoms with E-state index < -0.39 is 0 Å². The molecule has 0 unspecified atom stereocenters. The second kappa shape index (κ2) is 9.43. The summed E-state index contributed by atoms with van der Waals surface area (Å²) in [5.74, 6) is 1.71. The lowest BCUT2D eigenvalue weighted by molar-refractivity contribution is 0.0398. The molecule has 1 saturated heterocycles. The predicted molar refractivity (Wildman–Crippen MR) is 99.5 cm³/mol. The molecule has 2 aromatic rings. The molecule has 9 nitrogen and oxygen atoms in total. The number of rotatable bonds is 8. The van der Waals surface area contributed by atoms with Crippen molar-refractivity contribution < 1.29 is 14.1 Å². The van der Waals surface area contributed by atoms with Crippen LogP contribution in [0.1, 0.15) is 41.8 Å². The van der Waals surface area contributed by atoms with Crippen molar-refractivity contribution in [3.05, 3.63) is 35.6 Å². The minimum absolute atomic E-state index is 0.162. The van der Waals surface area contributed by atoms with Gasteiger partial charge in [-0.1, -0.05) is 19.0 Å². The number of amides is 1. The van der Waals surface area contributed by atoms with Gasteiger partial charge in [0.1, 0.15) is 5.82 Å². The SMILES string of the molecule is CC(C)c1nc(CNC(=O)c2ccc(NCCN3CCOCC3)nc2)no1. The standard InChI is InChI=1S/C18H26N6O3/c1-13(2)18-22-16(23-27-18)12-21-17(25)14-3-4-15(20-11-14)19-5-6-24-7-9-26-10-8-24/h3-4,11,13H,5-10,12H2,1-2H3,(H,19,20)(H,21,25). The Morgan fingerprint density at radius 1 is 1.30 bits per heavy atom. The van der Waals surface area contributed by atoms with Crippen LogP contribution in [0.2, 0.25) is 0 Å². The Hall–Kier alpha value is -2.52. The van der Waals surface area contributed by atoms with Crippen molar-refractivity contribution in [3.63, 3.8) is 0 Å². The molecule has 1 amide bonds. The fourth-order valence-corrected chi connectivity index (χ4v) is 2.63. The second-order valence-corrected chi connectivity index (χ2v) is 6.70. The molecular formula is C18H26N6O3. The van der Waals surface area contributed by atoms with Gasteiger partial charge in [0.25, 0.3) is 5.91 Å². The van der Waals surface area contributed by atoms with E-state index in [1.165, 1.54) is 0 Å². The van der Waals surface area contributed by atoms with E-state index >= 15 is 0 Å². The first kappa shape index (κ1) is 19.2. The molecule has 0 aromatic carbocycles. The van der Waals surface area contributed by atoms with Gasteiger partial charge in [-0.15, -0.1) is 0 Å². The van der Waals surface area contributed by atoms with Crippen LogP contribution in [0, 0.1) is 0 Å². The van der Waals surface area contributed by atoms with Crippen LogP contribution in [-0.2, 0) is 11.3 Å². The van der Waals surface area contributed by atoms with Gasteiger partial charge in [-0.05, 0) is 12.1 Å². The topological polar surface area (TPSA) is 105 Å². The summed E-state index contributed by atoms with van der Waals surface area (Å²) in [5, 5.41) is 9.89. The molecule has 146 valence electrons. The molecule has 2 N–H and O–H groups in total. The third-order valence-electron chi connectivity index (χ3n) is 4.25. The summed E-state index contributed by atoms with van der Waals surface area (Å²) in [7, 11) is 0. The Morgan fingerprint density at radius 3 is 2.78 bits per heavy atom. The lowest BCUT2D eigenvalue weighted by Gasteiger charge is -2.26. The first-order valence-electron chi connectivity index (χ1n) is 9.22. The van der Waals surface area contributed by atoms with Crippen LogP contribution in [0.5, 0.6) is 0 Å². The van der Waals surface area contributed by atoms with Gasteiger partial charge in [0.05, 0.1) is 25.3 Å². The van der Waals surface area contributed by atoms with Crippen LogP contribution >= 0.6 is 0 Å². The highest BCUT2D eigenvalue weighted by atomic mass is 16.5. The van der Waals surface area contributed by atoms with Crippen LogP contribution < -0.4 is 10.6 Å². The Bertz CT molecular complexity index is 725. The first-order chi connectivity index (χ1) is 13.1. The number of ether oxygens (including phenoxy) is 1. The van der Waals surface area contributed by atoms with Crippen LogP contribution in [0.25, 0.3) is 0 Å². The summed E-state index contributed by atoms with van der Waals surface area (Å²) in [5.41, 5.74) is 0.487. The van der Waals surface area contributed by atoms with Crippen molar-refractivity contribution in [1.29, 1.82) is 0 Å². The third-order valence-corrected chi connectivity index (χ3v) is 4.25. The summed E-state index contributed by atoms with van der Waals surface area (Å²) in [4.78, 5) is 23.1. The Balaban J connectivity index is 1.42. The maximum atomic E-state index is 12.2. The van der Waals surface area contributed by atoms with Crippen LogP contribution in [0.15, 0.2) is 22.9 Å². The van der Waals surface area contributed by atoms with Gasteiger partial charge in [0.15, 0.2) is 5.82 Å². The minimum Gasteiger partial charge on any atom is -0.379 e. The van der Waals surface area contributed by atoms with Gasteiger partial charge in [-0.2, -0.15) is 4.98 Å². The smallest absolute Gasteiger partial charge is 0.253 e. The fourth-order valence-electron chi connectivity index (χ4n) is 2.63. The van der Waals surface area contributed by atoms with Crippen molar-refractivity contribution in [3.8, 4) is 0 Å². The van der Waals surface area contributed by atoms with Crippen LogP contribution in [0.4, 0.5) is 5.82 Å². The summed E-state index contributed by atoms with van der Waals surface area (Å²) in [6, 6.07) is 3.55. The molecule has 0 saturated carbocycles. The highest BCUT2D eigenvalue weighted by molar-refractivity contribution is 5.93. The van der Waals surface area contributed by atoms with Gasteiger partial charge < -0.3 is 19.9 Å². The zero-order chi connectivity index (χ0) is 19.1. The lowest BCUT2D eigenvalue weighted by atomic mass is 10.2. The molecule has 1 fully saturated rings. The number of pyridine rings is 1. The minimum atomic E-state index is -0.224. The van der Waals surface area contributed by atoms with Crippen molar-refractivity contribution >= 4 is 11.7 Å².